The van der Waals surface area contributed by atoms with Crippen LogP contribution in [0.1, 0.15) is 11.1 Å². The summed E-state index contributed by atoms with van der Waals surface area (Å²) in [4.78, 5) is 38.5. The summed E-state index contributed by atoms with van der Waals surface area (Å²) >= 11 is 5.05. The molecule has 0 aromatic heterocycles. The van der Waals surface area contributed by atoms with E-state index in [1.807, 2.05) is 30.3 Å². The highest BCUT2D eigenvalue weighted by molar-refractivity contribution is 7.80. The largest absolute Gasteiger partial charge is 0.493 e. The molecule has 0 unspecified atom stereocenters. The molecule has 3 rings (SSSR count). The second-order valence-electron chi connectivity index (χ2n) is 6.66. The molecule has 0 aliphatic carbocycles. The van der Waals surface area contributed by atoms with Crippen molar-refractivity contribution in [3.63, 3.8) is 0 Å². The standard InChI is InChI=1S/C21H19N3O6S/c1-22-19(25)15(20(26)23(2)21(22)31)9-14-10-17(29-3)18(11-16(14)24(27)28)30-12-13-7-5-4-6-8-13/h4-11H,12H2,1-3H3. The molecule has 2 aromatic carbocycles. The number of hydrogen-bond acceptors (Lipinski definition) is 7. The normalized spacial score (nSPS) is 14.0. The number of nitro groups is 1. The van der Waals surface area contributed by atoms with E-state index in [2.05, 4.69) is 0 Å². The topological polar surface area (TPSA) is 102 Å². The van der Waals surface area contributed by atoms with E-state index in [0.29, 0.717) is 0 Å². The van der Waals surface area contributed by atoms with Gasteiger partial charge in [0, 0.05) is 14.1 Å². The van der Waals surface area contributed by atoms with Gasteiger partial charge in [-0.2, -0.15) is 0 Å². The number of ether oxygens (including phenoxy) is 2. The van der Waals surface area contributed by atoms with Gasteiger partial charge in [-0.1, -0.05) is 30.3 Å². The molecular formula is C21H19N3O6S. The fourth-order valence-corrected chi connectivity index (χ4v) is 3.14. The Labute approximate surface area is 183 Å². The molecule has 1 aliphatic rings. The quantitative estimate of drug-likeness (QED) is 0.223. The highest BCUT2D eigenvalue weighted by Crippen LogP contribution is 2.36. The van der Waals surface area contributed by atoms with Crippen LogP contribution in [0.15, 0.2) is 48.0 Å². The summed E-state index contributed by atoms with van der Waals surface area (Å²) in [7, 11) is 4.25. The van der Waals surface area contributed by atoms with Crippen LogP contribution in [0.4, 0.5) is 5.69 Å². The smallest absolute Gasteiger partial charge is 0.280 e. The third kappa shape index (κ3) is 4.38. The minimum absolute atomic E-state index is 0.0280. The molecule has 2 amide bonds. The van der Waals surface area contributed by atoms with Crippen LogP contribution in [0.5, 0.6) is 11.5 Å². The van der Waals surface area contributed by atoms with E-state index in [0.717, 1.165) is 15.4 Å². The minimum atomic E-state index is -0.647. The summed E-state index contributed by atoms with van der Waals surface area (Å²) in [5, 5.41) is 11.7. The number of thiocarbonyl (C=S) groups is 1. The average Bonchev–Trinajstić information content (AvgIpc) is 2.78. The average molecular weight is 441 g/mol. The number of methoxy groups -OCH3 is 1. The Morgan fingerprint density at radius 2 is 1.68 bits per heavy atom. The van der Waals surface area contributed by atoms with Gasteiger partial charge in [0.1, 0.15) is 12.2 Å². The molecule has 0 N–H and O–H groups in total. The summed E-state index contributed by atoms with van der Waals surface area (Å²) in [6.07, 6.45) is 1.17. The zero-order valence-corrected chi connectivity index (χ0v) is 17.8. The fourth-order valence-electron chi connectivity index (χ4n) is 2.98. The van der Waals surface area contributed by atoms with Gasteiger partial charge in [-0.05, 0) is 29.9 Å². The van der Waals surface area contributed by atoms with Crippen LogP contribution in [0, 0.1) is 10.1 Å². The second-order valence-corrected chi connectivity index (χ2v) is 7.03. The van der Waals surface area contributed by atoms with Crippen molar-refractivity contribution in [2.45, 2.75) is 6.61 Å². The molecular weight excluding hydrogens is 422 g/mol. The van der Waals surface area contributed by atoms with E-state index in [1.54, 1.807) is 0 Å². The van der Waals surface area contributed by atoms with Crippen LogP contribution in [-0.4, -0.2) is 52.9 Å². The first-order chi connectivity index (χ1) is 14.7. The van der Waals surface area contributed by atoms with Gasteiger partial charge in [0.2, 0.25) is 0 Å². The van der Waals surface area contributed by atoms with Crippen molar-refractivity contribution in [3.8, 4) is 11.5 Å². The van der Waals surface area contributed by atoms with E-state index < -0.39 is 16.7 Å². The maximum Gasteiger partial charge on any atom is 0.280 e. The van der Waals surface area contributed by atoms with Crippen molar-refractivity contribution in [2.75, 3.05) is 21.2 Å². The minimum Gasteiger partial charge on any atom is -0.493 e. The summed E-state index contributed by atoms with van der Waals surface area (Å²) in [6, 6.07) is 11.9. The summed E-state index contributed by atoms with van der Waals surface area (Å²) in [5.74, 6) is -0.908. The Bertz CT molecular complexity index is 1070. The number of hydrogen-bond donors (Lipinski definition) is 0. The van der Waals surface area contributed by atoms with Crippen LogP contribution in [0.3, 0.4) is 0 Å². The number of carbonyl (C=O) groups excluding carboxylic acids is 2. The summed E-state index contributed by atoms with van der Waals surface area (Å²) in [5.41, 5.74) is 0.316. The summed E-state index contributed by atoms with van der Waals surface area (Å²) < 4.78 is 11.0. The number of likely N-dealkylation sites (N-methyl/N-ethyl adjacent to an activating group) is 2. The predicted molar refractivity (Wildman–Crippen MR) is 117 cm³/mol. The SMILES string of the molecule is COc1cc(C=C2C(=O)N(C)C(=S)N(C)C2=O)c([N+](=O)[O-])cc1OCc1ccccc1. The van der Waals surface area contributed by atoms with E-state index >= 15 is 0 Å². The Hall–Kier alpha value is -3.79. The Balaban J connectivity index is 2.03. The van der Waals surface area contributed by atoms with Gasteiger partial charge in [0.25, 0.3) is 17.5 Å². The van der Waals surface area contributed by atoms with Crippen LogP contribution < -0.4 is 9.47 Å². The highest BCUT2D eigenvalue weighted by atomic mass is 32.1. The molecule has 1 saturated heterocycles. The monoisotopic (exact) mass is 441 g/mol. The van der Waals surface area contributed by atoms with Gasteiger partial charge in [-0.3, -0.25) is 29.5 Å². The number of carbonyl (C=O) groups is 2. The Kier molecular flexibility index (Phi) is 6.30. The highest BCUT2D eigenvalue weighted by Gasteiger charge is 2.36. The fraction of sp³-hybridized carbons (Fsp3) is 0.190. The molecule has 10 heteroatoms. The molecule has 1 heterocycles. The van der Waals surface area contributed by atoms with Crippen molar-refractivity contribution in [3.05, 3.63) is 69.3 Å². The predicted octanol–water partition coefficient (Wildman–Crippen LogP) is 2.78. The molecule has 160 valence electrons. The molecule has 0 saturated carbocycles. The maximum atomic E-state index is 12.6. The van der Waals surface area contributed by atoms with E-state index in [-0.39, 0.29) is 40.0 Å². The molecule has 1 aliphatic heterocycles. The van der Waals surface area contributed by atoms with Crippen LogP contribution in [0.25, 0.3) is 6.08 Å². The van der Waals surface area contributed by atoms with Crippen LogP contribution >= 0.6 is 12.2 Å². The number of amides is 2. The van der Waals surface area contributed by atoms with Gasteiger partial charge in [-0.25, -0.2) is 0 Å². The number of nitro benzene ring substituents is 1. The molecule has 31 heavy (non-hydrogen) atoms. The molecule has 0 atom stereocenters. The Morgan fingerprint density at radius 1 is 1.06 bits per heavy atom. The van der Waals surface area contributed by atoms with Crippen molar-refractivity contribution >= 4 is 40.9 Å². The lowest BCUT2D eigenvalue weighted by Crippen LogP contribution is -2.52. The third-order valence-electron chi connectivity index (χ3n) is 4.69. The zero-order valence-electron chi connectivity index (χ0n) is 17.0. The van der Waals surface area contributed by atoms with Crippen molar-refractivity contribution < 1.29 is 24.0 Å². The number of rotatable bonds is 6. The van der Waals surface area contributed by atoms with Crippen LogP contribution in [0.2, 0.25) is 0 Å². The van der Waals surface area contributed by atoms with E-state index in [1.165, 1.54) is 39.4 Å². The molecule has 1 fully saturated rings. The molecule has 2 aromatic rings. The first-order valence-electron chi connectivity index (χ1n) is 9.09. The van der Waals surface area contributed by atoms with Crippen molar-refractivity contribution in [2.24, 2.45) is 0 Å². The lowest BCUT2D eigenvalue weighted by Gasteiger charge is -2.31. The first kappa shape index (κ1) is 21.9. The lowest BCUT2D eigenvalue weighted by molar-refractivity contribution is -0.385. The second kappa shape index (κ2) is 8.92. The van der Waals surface area contributed by atoms with Gasteiger partial charge in [0.15, 0.2) is 16.6 Å². The van der Waals surface area contributed by atoms with Gasteiger partial charge in [-0.15, -0.1) is 0 Å². The molecule has 0 bridgehead atoms. The number of nitrogens with zero attached hydrogens (tertiary/aromatic N) is 3. The van der Waals surface area contributed by atoms with E-state index in [4.69, 9.17) is 21.7 Å². The van der Waals surface area contributed by atoms with Crippen LogP contribution in [-0.2, 0) is 16.2 Å². The zero-order chi connectivity index (χ0) is 22.7. The molecule has 0 radical (unpaired) electrons. The maximum absolute atomic E-state index is 12.6. The van der Waals surface area contributed by atoms with Crippen molar-refractivity contribution in [1.29, 1.82) is 0 Å². The number of benzene rings is 2. The Morgan fingerprint density at radius 3 is 2.23 bits per heavy atom. The van der Waals surface area contributed by atoms with Gasteiger partial charge in [0.05, 0.1) is 23.7 Å². The molecule has 0 spiro atoms. The van der Waals surface area contributed by atoms with Crippen molar-refractivity contribution in [1.82, 2.24) is 9.80 Å². The first-order valence-corrected chi connectivity index (χ1v) is 9.50. The molecule has 9 nitrogen and oxygen atoms in total. The van der Waals surface area contributed by atoms with Gasteiger partial charge < -0.3 is 9.47 Å². The third-order valence-corrected chi connectivity index (χ3v) is 5.24. The lowest BCUT2D eigenvalue weighted by atomic mass is 10.0. The van der Waals surface area contributed by atoms with Gasteiger partial charge >= 0.3 is 0 Å². The summed E-state index contributed by atoms with van der Waals surface area (Å²) in [6.45, 7) is 0.179. The van der Waals surface area contributed by atoms with E-state index in [9.17, 15) is 19.7 Å².